The van der Waals surface area contributed by atoms with E-state index in [1.54, 1.807) is 0 Å². The van der Waals surface area contributed by atoms with E-state index in [9.17, 15) is 0 Å². The molecule has 0 aliphatic carbocycles. The Morgan fingerprint density at radius 1 is 0.909 bits per heavy atom. The molecule has 22 heavy (non-hydrogen) atoms. The molecule has 0 saturated heterocycles. The molecule has 2 aromatic rings. The summed E-state index contributed by atoms with van der Waals surface area (Å²) in [6.07, 6.45) is 0. The molecule has 2 rings (SSSR count). The van der Waals surface area contributed by atoms with Gasteiger partial charge in [0, 0.05) is 9.81 Å². The molecule has 116 valence electrons. The lowest BCUT2D eigenvalue weighted by Gasteiger charge is -2.15. The molecular weight excluding hydrogens is 308 g/mol. The number of hydrogen-bond acceptors (Lipinski definition) is 3. The second kappa shape index (κ2) is 7.30. The first-order chi connectivity index (χ1) is 10.5. The lowest BCUT2D eigenvalue weighted by molar-refractivity contribution is 0.340. The van der Waals surface area contributed by atoms with Gasteiger partial charge in [-0.1, -0.05) is 24.3 Å². The highest BCUT2D eigenvalue weighted by molar-refractivity contribution is 7.96. The largest absolute Gasteiger partial charge is 0.494 e. The van der Waals surface area contributed by atoms with Crippen LogP contribution in [0.3, 0.4) is 0 Å². The van der Waals surface area contributed by atoms with Crippen LogP contribution in [0, 0.1) is 20.8 Å². The number of hydrogen-bond donors (Lipinski definition) is 2. The van der Waals surface area contributed by atoms with Crippen LogP contribution in [-0.4, -0.2) is 6.61 Å². The highest BCUT2D eigenvalue weighted by Gasteiger charge is 2.12. The first-order valence-corrected chi connectivity index (χ1v) is 8.27. The fourth-order valence-corrected chi connectivity index (χ4v) is 3.37. The van der Waals surface area contributed by atoms with Crippen LogP contribution in [0.15, 0.2) is 36.4 Å². The molecule has 0 aromatic heterocycles. The van der Waals surface area contributed by atoms with Gasteiger partial charge in [0.05, 0.1) is 6.61 Å². The molecule has 0 fully saturated rings. The van der Waals surface area contributed by atoms with Gasteiger partial charge in [-0.3, -0.25) is 0 Å². The summed E-state index contributed by atoms with van der Waals surface area (Å²) in [5.41, 5.74) is 5.77. The molecule has 0 N–H and O–H groups in total. The van der Waals surface area contributed by atoms with Crippen LogP contribution in [0.1, 0.15) is 34.7 Å². The highest BCUT2D eigenvalue weighted by atomic mass is 32.1. The summed E-state index contributed by atoms with van der Waals surface area (Å²) in [5.74, 6) is 0.859. The van der Waals surface area contributed by atoms with E-state index in [0.29, 0.717) is 6.61 Å². The zero-order valence-electron chi connectivity index (χ0n) is 13.5. The Hall–Kier alpha value is -1.32. The maximum atomic E-state index is 5.60. The molecule has 3 heteroatoms. The van der Waals surface area contributed by atoms with E-state index in [0.717, 1.165) is 32.3 Å². The van der Waals surface area contributed by atoms with E-state index >= 15 is 0 Å². The first-order valence-electron chi connectivity index (χ1n) is 7.38. The zero-order chi connectivity index (χ0) is 16.3. The summed E-state index contributed by atoms with van der Waals surface area (Å²) >= 11 is 9.51. The first kappa shape index (κ1) is 17.0. The minimum Gasteiger partial charge on any atom is -0.494 e. The Morgan fingerprint density at radius 3 is 2.14 bits per heavy atom. The molecule has 0 aliphatic heterocycles. The summed E-state index contributed by atoms with van der Waals surface area (Å²) in [6.45, 7) is 8.91. The Morgan fingerprint density at radius 2 is 1.55 bits per heavy atom. The predicted octanol–water partition coefficient (Wildman–Crippen LogP) is 5.70. The minimum atomic E-state index is 0.652. The van der Waals surface area contributed by atoms with Gasteiger partial charge in [-0.15, -0.1) is 25.3 Å². The molecular formula is C19H22OS2. The molecule has 0 atom stereocenters. The van der Waals surface area contributed by atoms with Crippen LogP contribution in [0.2, 0.25) is 0 Å². The van der Waals surface area contributed by atoms with Gasteiger partial charge >= 0.3 is 0 Å². The van der Waals surface area contributed by atoms with E-state index in [2.05, 4.69) is 45.0 Å². The Kier molecular flexibility index (Phi) is 5.65. The summed E-state index contributed by atoms with van der Waals surface area (Å²) in [6, 6.07) is 12.3. The Labute approximate surface area is 144 Å². The Bertz CT molecular complexity index is 697. The normalized spacial score (nSPS) is 12.1. The molecule has 0 saturated carbocycles. The fourth-order valence-electron chi connectivity index (χ4n) is 2.55. The molecule has 0 amide bonds. The topological polar surface area (TPSA) is 9.23 Å². The number of ether oxygens (including phenoxy) is 1. The van der Waals surface area contributed by atoms with Gasteiger partial charge in [0.2, 0.25) is 0 Å². The lowest BCUT2D eigenvalue weighted by Crippen LogP contribution is -1.95. The number of aryl methyl sites for hydroxylation is 3. The van der Waals surface area contributed by atoms with Crippen LogP contribution in [0.5, 0.6) is 5.75 Å². The van der Waals surface area contributed by atoms with E-state index in [1.165, 1.54) is 11.1 Å². The summed E-state index contributed by atoms with van der Waals surface area (Å²) in [4.78, 5) is 1.77. The van der Waals surface area contributed by atoms with E-state index in [4.69, 9.17) is 30.0 Å². The lowest BCUT2D eigenvalue weighted by atomic mass is 10.00. The maximum Gasteiger partial charge on any atom is 0.119 e. The van der Waals surface area contributed by atoms with Crippen molar-refractivity contribution >= 4 is 35.1 Å². The molecule has 0 unspecified atom stereocenters. The van der Waals surface area contributed by atoms with Crippen molar-refractivity contribution in [3.8, 4) is 5.75 Å². The van der Waals surface area contributed by atoms with Gasteiger partial charge in [-0.2, -0.15) is 0 Å². The van der Waals surface area contributed by atoms with Gasteiger partial charge in [0.25, 0.3) is 0 Å². The van der Waals surface area contributed by atoms with Crippen molar-refractivity contribution in [2.24, 2.45) is 0 Å². The van der Waals surface area contributed by atoms with Crippen molar-refractivity contribution in [1.82, 2.24) is 0 Å². The van der Waals surface area contributed by atoms with Crippen LogP contribution >= 0.6 is 25.3 Å². The molecule has 0 aliphatic rings. The second-order valence-electron chi connectivity index (χ2n) is 5.37. The fraction of sp³-hybridized carbons (Fsp3) is 0.263. The standard InChI is InChI=1S/C19H22OS2/c1-5-20-15-10-9-12(2)16(11-15)18(21)19(22)17-13(3)7-6-8-14(17)4/h6-11,21-22H,5H2,1-4H3. The van der Waals surface area contributed by atoms with Crippen LogP contribution in [-0.2, 0) is 0 Å². The average Bonchev–Trinajstić information content (AvgIpc) is 2.48. The summed E-state index contributed by atoms with van der Waals surface area (Å²) in [7, 11) is 0. The molecule has 0 radical (unpaired) electrons. The van der Waals surface area contributed by atoms with Crippen molar-refractivity contribution in [1.29, 1.82) is 0 Å². The molecule has 0 spiro atoms. The molecule has 0 heterocycles. The van der Waals surface area contributed by atoms with Crippen molar-refractivity contribution in [2.75, 3.05) is 6.61 Å². The van der Waals surface area contributed by atoms with E-state index in [1.807, 2.05) is 19.1 Å². The number of rotatable bonds is 4. The monoisotopic (exact) mass is 330 g/mol. The van der Waals surface area contributed by atoms with Gasteiger partial charge in [0.1, 0.15) is 5.75 Å². The summed E-state index contributed by atoms with van der Waals surface area (Å²) in [5, 5.41) is 0. The van der Waals surface area contributed by atoms with Crippen molar-refractivity contribution in [3.05, 3.63) is 64.2 Å². The SMILES string of the molecule is CCOc1ccc(C)c(C(S)=C(S)c2c(C)cccc2C)c1. The van der Waals surface area contributed by atoms with Crippen LogP contribution < -0.4 is 4.74 Å². The maximum absolute atomic E-state index is 5.60. The van der Waals surface area contributed by atoms with Gasteiger partial charge in [0.15, 0.2) is 0 Å². The Balaban J connectivity index is 2.58. The van der Waals surface area contributed by atoms with Gasteiger partial charge in [-0.25, -0.2) is 0 Å². The third-order valence-corrected chi connectivity index (χ3v) is 4.81. The predicted molar refractivity (Wildman–Crippen MR) is 103 cm³/mol. The third-order valence-electron chi connectivity index (χ3n) is 3.72. The second-order valence-corrected chi connectivity index (χ2v) is 6.27. The quantitative estimate of drug-likeness (QED) is 0.540. The van der Waals surface area contributed by atoms with Crippen LogP contribution in [0.4, 0.5) is 0 Å². The number of thiol groups is 2. The molecule has 1 nitrogen and oxygen atoms in total. The van der Waals surface area contributed by atoms with Crippen molar-refractivity contribution in [2.45, 2.75) is 27.7 Å². The van der Waals surface area contributed by atoms with Gasteiger partial charge in [-0.05, 0) is 67.6 Å². The molecule has 0 bridgehead atoms. The zero-order valence-corrected chi connectivity index (χ0v) is 15.3. The molecule has 2 aromatic carbocycles. The van der Waals surface area contributed by atoms with Crippen LogP contribution in [0.25, 0.3) is 9.81 Å². The van der Waals surface area contributed by atoms with Gasteiger partial charge < -0.3 is 4.74 Å². The smallest absolute Gasteiger partial charge is 0.119 e. The number of benzene rings is 2. The van der Waals surface area contributed by atoms with E-state index < -0.39 is 0 Å². The minimum absolute atomic E-state index is 0.652. The van der Waals surface area contributed by atoms with E-state index in [-0.39, 0.29) is 0 Å². The summed E-state index contributed by atoms with van der Waals surface area (Å²) < 4.78 is 5.60. The third kappa shape index (κ3) is 3.53. The highest BCUT2D eigenvalue weighted by Crippen LogP contribution is 2.37. The average molecular weight is 331 g/mol. The van der Waals surface area contributed by atoms with Crippen molar-refractivity contribution < 1.29 is 4.74 Å². The van der Waals surface area contributed by atoms with Crippen molar-refractivity contribution in [3.63, 3.8) is 0 Å².